The van der Waals surface area contributed by atoms with Crippen LogP contribution in [0.1, 0.15) is 25.7 Å². The Morgan fingerprint density at radius 2 is 2.00 bits per heavy atom. The molecule has 3 heteroatoms. The summed E-state index contributed by atoms with van der Waals surface area (Å²) in [6, 6.07) is 0. The molecule has 0 spiro atoms. The Hall–Kier alpha value is -0.120. The van der Waals surface area contributed by atoms with Crippen molar-refractivity contribution >= 4 is 0 Å². The smallest absolute Gasteiger partial charge is 0.0572 e. The second kappa shape index (κ2) is 6.40. The first-order valence-electron chi connectivity index (χ1n) is 4.91. The average molecular weight is 172 g/mol. The molecular weight excluding hydrogens is 152 g/mol. The van der Waals surface area contributed by atoms with Gasteiger partial charge in [-0.15, -0.1) is 0 Å². The van der Waals surface area contributed by atoms with Crippen LogP contribution in [0.2, 0.25) is 0 Å². The number of hydroxylamine groups is 1. The lowest BCUT2D eigenvalue weighted by Crippen LogP contribution is -2.32. The highest BCUT2D eigenvalue weighted by molar-refractivity contribution is 4.64. The first-order chi connectivity index (χ1) is 5.93. The fourth-order valence-corrected chi connectivity index (χ4v) is 1.66. The third kappa shape index (κ3) is 4.04. The summed E-state index contributed by atoms with van der Waals surface area (Å²) in [5, 5.41) is 0. The van der Waals surface area contributed by atoms with Crippen molar-refractivity contribution in [3.8, 4) is 0 Å². The molecule has 0 unspecified atom stereocenters. The molecule has 0 atom stereocenters. The second-order valence-corrected chi connectivity index (χ2v) is 3.35. The molecule has 1 aliphatic rings. The van der Waals surface area contributed by atoms with E-state index in [4.69, 9.17) is 4.84 Å². The Morgan fingerprint density at radius 1 is 1.25 bits per heavy atom. The predicted molar refractivity (Wildman–Crippen MR) is 49.9 cm³/mol. The molecule has 1 fully saturated rings. The topological polar surface area (TPSA) is 24.5 Å². The van der Waals surface area contributed by atoms with Crippen molar-refractivity contribution in [3.05, 3.63) is 0 Å². The highest BCUT2D eigenvalue weighted by Gasteiger charge is 2.08. The van der Waals surface area contributed by atoms with Crippen LogP contribution in [0.25, 0.3) is 0 Å². The summed E-state index contributed by atoms with van der Waals surface area (Å²) in [6.07, 6.45) is 5.38. The van der Waals surface area contributed by atoms with E-state index in [-0.39, 0.29) is 0 Å². The molecule has 0 bridgehead atoms. The van der Waals surface area contributed by atoms with E-state index >= 15 is 0 Å². The van der Waals surface area contributed by atoms with Crippen LogP contribution in [0.4, 0.5) is 0 Å². The molecule has 1 heterocycles. The van der Waals surface area contributed by atoms with E-state index in [1.807, 2.05) is 0 Å². The summed E-state index contributed by atoms with van der Waals surface area (Å²) in [7, 11) is 1.67. The van der Waals surface area contributed by atoms with E-state index < -0.39 is 0 Å². The van der Waals surface area contributed by atoms with E-state index in [1.165, 1.54) is 45.3 Å². The van der Waals surface area contributed by atoms with Crippen LogP contribution in [0.15, 0.2) is 0 Å². The van der Waals surface area contributed by atoms with Crippen LogP contribution in [-0.4, -0.2) is 38.2 Å². The van der Waals surface area contributed by atoms with E-state index in [2.05, 4.69) is 10.4 Å². The molecule has 0 amide bonds. The van der Waals surface area contributed by atoms with Crippen molar-refractivity contribution in [2.45, 2.75) is 25.7 Å². The zero-order chi connectivity index (χ0) is 8.65. The van der Waals surface area contributed by atoms with E-state index in [9.17, 15) is 0 Å². The normalized spacial score (nSPS) is 19.8. The molecule has 1 N–H and O–H groups in total. The molecule has 0 saturated carbocycles. The van der Waals surface area contributed by atoms with Crippen molar-refractivity contribution in [3.63, 3.8) is 0 Å². The van der Waals surface area contributed by atoms with Gasteiger partial charge in [0.15, 0.2) is 0 Å². The molecule has 1 saturated heterocycles. The third-order valence-corrected chi connectivity index (χ3v) is 2.35. The number of nitrogens with zero attached hydrogens (tertiary/aromatic N) is 1. The number of rotatable bonds is 5. The highest BCUT2D eigenvalue weighted by atomic mass is 16.6. The van der Waals surface area contributed by atoms with E-state index in [0.29, 0.717) is 0 Å². The van der Waals surface area contributed by atoms with Gasteiger partial charge >= 0.3 is 0 Å². The standard InChI is InChI=1S/C9H20N2O/c1-12-10-6-5-9-11-7-3-2-4-8-11/h10H,2-9H2,1H3. The summed E-state index contributed by atoms with van der Waals surface area (Å²) < 4.78 is 0. The zero-order valence-electron chi connectivity index (χ0n) is 8.01. The minimum atomic E-state index is 0.965. The first-order valence-corrected chi connectivity index (χ1v) is 4.91. The van der Waals surface area contributed by atoms with Crippen molar-refractivity contribution in [2.75, 3.05) is 33.3 Å². The van der Waals surface area contributed by atoms with Gasteiger partial charge in [0.25, 0.3) is 0 Å². The molecule has 1 aliphatic heterocycles. The molecule has 12 heavy (non-hydrogen) atoms. The summed E-state index contributed by atoms with van der Waals surface area (Å²) in [6.45, 7) is 4.78. The highest BCUT2D eigenvalue weighted by Crippen LogP contribution is 2.08. The lowest BCUT2D eigenvalue weighted by atomic mass is 10.1. The fraction of sp³-hybridized carbons (Fsp3) is 1.00. The minimum absolute atomic E-state index is 0.965. The number of nitrogens with one attached hydrogen (secondary N) is 1. The molecule has 0 aromatic carbocycles. The Labute approximate surface area is 75.0 Å². The maximum absolute atomic E-state index is 4.76. The second-order valence-electron chi connectivity index (χ2n) is 3.35. The van der Waals surface area contributed by atoms with Crippen molar-refractivity contribution in [1.29, 1.82) is 0 Å². The lowest BCUT2D eigenvalue weighted by molar-refractivity contribution is 0.0871. The Kier molecular flexibility index (Phi) is 5.32. The van der Waals surface area contributed by atoms with Gasteiger partial charge in [-0.2, -0.15) is 0 Å². The van der Waals surface area contributed by atoms with Crippen molar-refractivity contribution < 1.29 is 4.84 Å². The van der Waals surface area contributed by atoms with Gasteiger partial charge < -0.3 is 9.74 Å². The van der Waals surface area contributed by atoms with Gasteiger partial charge in [-0.3, -0.25) is 0 Å². The largest absolute Gasteiger partial charge is 0.305 e. The van der Waals surface area contributed by atoms with Gasteiger partial charge in [0.05, 0.1) is 7.11 Å². The number of hydrogen-bond donors (Lipinski definition) is 1. The number of piperidine rings is 1. The average Bonchev–Trinajstić information content (AvgIpc) is 2.14. The Morgan fingerprint density at radius 3 is 2.67 bits per heavy atom. The van der Waals surface area contributed by atoms with Gasteiger partial charge in [-0.25, -0.2) is 5.48 Å². The molecule has 0 aromatic rings. The van der Waals surface area contributed by atoms with Crippen molar-refractivity contribution in [1.82, 2.24) is 10.4 Å². The van der Waals surface area contributed by atoms with Crippen molar-refractivity contribution in [2.24, 2.45) is 0 Å². The van der Waals surface area contributed by atoms with Crippen LogP contribution in [0, 0.1) is 0 Å². The van der Waals surface area contributed by atoms with Crippen LogP contribution in [-0.2, 0) is 4.84 Å². The third-order valence-electron chi connectivity index (χ3n) is 2.35. The quantitative estimate of drug-likeness (QED) is 0.495. The maximum atomic E-state index is 4.76. The Bertz CT molecular complexity index is 103. The van der Waals surface area contributed by atoms with Crippen LogP contribution < -0.4 is 5.48 Å². The van der Waals surface area contributed by atoms with Gasteiger partial charge in [-0.05, 0) is 38.9 Å². The molecule has 0 aromatic heterocycles. The minimum Gasteiger partial charge on any atom is -0.305 e. The van der Waals surface area contributed by atoms with Crippen LogP contribution in [0.5, 0.6) is 0 Å². The zero-order valence-corrected chi connectivity index (χ0v) is 8.01. The molecule has 0 radical (unpaired) electrons. The van der Waals surface area contributed by atoms with E-state index in [1.54, 1.807) is 7.11 Å². The molecule has 1 rings (SSSR count). The summed E-state index contributed by atoms with van der Waals surface area (Å²) in [5.74, 6) is 0. The molecule has 72 valence electrons. The van der Waals surface area contributed by atoms with Gasteiger partial charge in [-0.1, -0.05) is 6.42 Å². The summed E-state index contributed by atoms with van der Waals surface area (Å²) >= 11 is 0. The maximum Gasteiger partial charge on any atom is 0.0572 e. The molecule has 3 nitrogen and oxygen atoms in total. The number of likely N-dealkylation sites (tertiary alicyclic amines) is 1. The number of hydrogen-bond acceptors (Lipinski definition) is 3. The van der Waals surface area contributed by atoms with E-state index in [0.717, 1.165) is 6.54 Å². The first kappa shape index (κ1) is 9.96. The summed E-state index contributed by atoms with van der Waals surface area (Å²) in [4.78, 5) is 7.31. The van der Waals surface area contributed by atoms with Crippen LogP contribution >= 0.6 is 0 Å². The monoisotopic (exact) mass is 172 g/mol. The molecule has 0 aliphatic carbocycles. The van der Waals surface area contributed by atoms with Gasteiger partial charge in [0, 0.05) is 6.54 Å². The van der Waals surface area contributed by atoms with Crippen LogP contribution in [0.3, 0.4) is 0 Å². The molecular formula is C9H20N2O. The van der Waals surface area contributed by atoms with Gasteiger partial charge in [0.1, 0.15) is 0 Å². The predicted octanol–water partition coefficient (Wildman–Crippen LogP) is 1.01. The Balaban J connectivity index is 1.91. The fourth-order valence-electron chi connectivity index (χ4n) is 1.66. The van der Waals surface area contributed by atoms with Gasteiger partial charge in [0.2, 0.25) is 0 Å². The summed E-state index contributed by atoms with van der Waals surface area (Å²) in [5.41, 5.74) is 2.86. The lowest BCUT2D eigenvalue weighted by Gasteiger charge is -2.26. The SMILES string of the molecule is CONCCCN1CCCCC1.